The lowest BCUT2D eigenvalue weighted by Crippen LogP contribution is -2.35. The van der Waals surface area contributed by atoms with E-state index in [1.165, 1.54) is 12.1 Å². The van der Waals surface area contributed by atoms with Crippen molar-refractivity contribution < 1.29 is 32.0 Å². The van der Waals surface area contributed by atoms with Gasteiger partial charge in [0.15, 0.2) is 0 Å². The molecule has 0 radical (unpaired) electrons. The summed E-state index contributed by atoms with van der Waals surface area (Å²) >= 11 is 0. The van der Waals surface area contributed by atoms with E-state index in [4.69, 9.17) is 9.63 Å². The van der Waals surface area contributed by atoms with Crippen molar-refractivity contribution in [2.75, 3.05) is 31.1 Å². The van der Waals surface area contributed by atoms with Gasteiger partial charge in [-0.25, -0.2) is 4.39 Å². The van der Waals surface area contributed by atoms with Gasteiger partial charge in [0.2, 0.25) is 5.82 Å². The van der Waals surface area contributed by atoms with Gasteiger partial charge in [0.25, 0.3) is 5.89 Å². The average molecular weight is 519 g/mol. The van der Waals surface area contributed by atoms with E-state index in [9.17, 15) is 22.4 Å². The lowest BCUT2D eigenvalue weighted by atomic mass is 10.0. The number of carboxylic acids is 1. The van der Waals surface area contributed by atoms with E-state index in [1.807, 2.05) is 12.1 Å². The molecule has 2 aliphatic rings. The number of likely N-dealkylation sites (tertiary alicyclic amines) is 1. The van der Waals surface area contributed by atoms with Gasteiger partial charge in [0.05, 0.1) is 11.5 Å². The fourth-order valence-electron chi connectivity index (χ4n) is 4.91. The topological polar surface area (TPSA) is 82.7 Å². The first-order chi connectivity index (χ1) is 17.7. The molecule has 1 aromatic heterocycles. The quantitative estimate of drug-likeness (QED) is 0.446. The second kappa shape index (κ2) is 10.1. The maximum atomic E-state index is 13.9. The number of benzene rings is 2. The van der Waals surface area contributed by atoms with Crippen molar-refractivity contribution in [2.24, 2.45) is 5.92 Å². The largest absolute Gasteiger partial charge is 0.481 e. The molecule has 2 aliphatic heterocycles. The van der Waals surface area contributed by atoms with Crippen LogP contribution in [0, 0.1) is 5.92 Å². The Hall–Kier alpha value is -3.47. The van der Waals surface area contributed by atoms with E-state index in [2.05, 4.69) is 15.0 Å². The summed E-state index contributed by atoms with van der Waals surface area (Å²) in [6.45, 7) is 2.30. The molecule has 1 atom stereocenters. The van der Waals surface area contributed by atoms with Crippen LogP contribution in [0.2, 0.25) is 0 Å². The standard InChI is InChI=1S/C26H26F4N4O3/c27-20-8-11-34(12-9-20)22-6-5-18(13-21(22)26(28,29)30)23-31-24(37-32-23)17-3-1-16(2-4-17)14-33-10-7-19(15-33)25(35)36/h1-6,13,19-20H,7-12,14-15H2,(H,35,36). The first-order valence-electron chi connectivity index (χ1n) is 12.2. The highest BCUT2D eigenvalue weighted by Gasteiger charge is 2.36. The van der Waals surface area contributed by atoms with Crippen molar-refractivity contribution in [1.82, 2.24) is 15.0 Å². The van der Waals surface area contributed by atoms with Gasteiger partial charge in [-0.2, -0.15) is 18.2 Å². The van der Waals surface area contributed by atoms with Crippen LogP contribution < -0.4 is 4.90 Å². The van der Waals surface area contributed by atoms with Crippen LogP contribution in [0.1, 0.15) is 30.4 Å². The van der Waals surface area contributed by atoms with Crippen LogP contribution in [0.3, 0.4) is 0 Å². The van der Waals surface area contributed by atoms with Crippen LogP contribution in [0.15, 0.2) is 47.0 Å². The van der Waals surface area contributed by atoms with Gasteiger partial charge in [0.1, 0.15) is 6.17 Å². The van der Waals surface area contributed by atoms with Gasteiger partial charge in [-0.05, 0) is 61.7 Å². The molecule has 1 N–H and O–H groups in total. The molecule has 2 saturated heterocycles. The minimum atomic E-state index is -4.60. The molecule has 11 heteroatoms. The molecule has 0 amide bonds. The highest BCUT2D eigenvalue weighted by Crippen LogP contribution is 2.40. The molecule has 2 aromatic carbocycles. The third kappa shape index (κ3) is 5.61. The lowest BCUT2D eigenvalue weighted by molar-refractivity contribution is -0.141. The van der Waals surface area contributed by atoms with Gasteiger partial charge in [-0.1, -0.05) is 17.3 Å². The molecule has 2 fully saturated rings. The molecular weight excluding hydrogens is 492 g/mol. The summed E-state index contributed by atoms with van der Waals surface area (Å²) in [5, 5.41) is 13.0. The summed E-state index contributed by atoms with van der Waals surface area (Å²) in [5.41, 5.74) is 0.996. The van der Waals surface area contributed by atoms with Crippen LogP contribution in [0.4, 0.5) is 23.2 Å². The highest BCUT2D eigenvalue weighted by molar-refractivity contribution is 5.70. The smallest absolute Gasteiger partial charge is 0.418 e. The zero-order valence-corrected chi connectivity index (χ0v) is 19.9. The number of alkyl halides is 4. The summed E-state index contributed by atoms with van der Waals surface area (Å²) < 4.78 is 60.5. The molecule has 3 aromatic rings. The van der Waals surface area contributed by atoms with Gasteiger partial charge < -0.3 is 14.5 Å². The van der Waals surface area contributed by atoms with Gasteiger partial charge in [-0.15, -0.1) is 0 Å². The summed E-state index contributed by atoms with van der Waals surface area (Å²) in [7, 11) is 0. The number of hydrogen-bond acceptors (Lipinski definition) is 6. The number of carboxylic acid groups (broad SMARTS) is 1. The minimum absolute atomic E-state index is 0.0233. The van der Waals surface area contributed by atoms with E-state index in [0.29, 0.717) is 25.1 Å². The Balaban J connectivity index is 1.32. The molecule has 196 valence electrons. The number of anilines is 1. The zero-order chi connectivity index (χ0) is 26.2. The third-order valence-electron chi connectivity index (χ3n) is 6.98. The molecule has 0 saturated carbocycles. The first-order valence-corrected chi connectivity index (χ1v) is 12.2. The minimum Gasteiger partial charge on any atom is -0.481 e. The molecule has 3 heterocycles. The molecule has 0 aliphatic carbocycles. The lowest BCUT2D eigenvalue weighted by Gasteiger charge is -2.32. The van der Waals surface area contributed by atoms with Crippen LogP contribution >= 0.6 is 0 Å². The highest BCUT2D eigenvalue weighted by atomic mass is 19.4. The summed E-state index contributed by atoms with van der Waals surface area (Å²) in [4.78, 5) is 19.1. The van der Waals surface area contributed by atoms with Crippen LogP contribution in [0.25, 0.3) is 22.8 Å². The maximum absolute atomic E-state index is 13.9. The number of aliphatic carboxylic acids is 1. The van der Waals surface area contributed by atoms with E-state index in [1.54, 1.807) is 17.0 Å². The number of piperidine rings is 1. The summed E-state index contributed by atoms with van der Waals surface area (Å²) in [5.74, 6) is -0.902. The predicted molar refractivity (Wildman–Crippen MR) is 128 cm³/mol. The van der Waals surface area contributed by atoms with E-state index in [-0.39, 0.29) is 54.8 Å². The number of halogens is 4. The van der Waals surface area contributed by atoms with Gasteiger partial charge in [-0.3, -0.25) is 9.69 Å². The monoisotopic (exact) mass is 518 g/mol. The van der Waals surface area contributed by atoms with Crippen LogP contribution in [0.5, 0.6) is 0 Å². The van der Waals surface area contributed by atoms with Crippen molar-refractivity contribution in [2.45, 2.75) is 38.2 Å². The zero-order valence-electron chi connectivity index (χ0n) is 19.9. The van der Waals surface area contributed by atoms with Crippen molar-refractivity contribution >= 4 is 11.7 Å². The van der Waals surface area contributed by atoms with Gasteiger partial charge in [0, 0.05) is 43.0 Å². The molecule has 37 heavy (non-hydrogen) atoms. The molecule has 1 unspecified atom stereocenters. The Kier molecular flexibility index (Phi) is 6.89. The second-order valence-electron chi connectivity index (χ2n) is 9.57. The molecular formula is C26H26F4N4O3. The number of aromatic nitrogens is 2. The first kappa shape index (κ1) is 25.2. The van der Waals surface area contributed by atoms with E-state index in [0.717, 1.165) is 18.2 Å². The van der Waals surface area contributed by atoms with Crippen molar-refractivity contribution in [3.63, 3.8) is 0 Å². The average Bonchev–Trinajstić information content (AvgIpc) is 3.55. The number of nitrogens with zero attached hydrogens (tertiary/aromatic N) is 4. The SMILES string of the molecule is O=C(O)C1CCN(Cc2ccc(-c3nc(-c4ccc(N5CCC(F)CC5)c(C(F)(F)F)c4)no3)cc2)C1. The molecule has 0 bridgehead atoms. The second-order valence-corrected chi connectivity index (χ2v) is 9.57. The van der Waals surface area contributed by atoms with E-state index >= 15 is 0 Å². The van der Waals surface area contributed by atoms with E-state index < -0.39 is 23.9 Å². The van der Waals surface area contributed by atoms with Crippen LogP contribution in [-0.4, -0.2) is 58.5 Å². The maximum Gasteiger partial charge on any atom is 0.418 e. The Morgan fingerprint density at radius 1 is 1.03 bits per heavy atom. The third-order valence-corrected chi connectivity index (χ3v) is 6.98. The fourth-order valence-corrected chi connectivity index (χ4v) is 4.91. The van der Waals surface area contributed by atoms with Crippen molar-refractivity contribution in [3.8, 4) is 22.8 Å². The Morgan fingerprint density at radius 3 is 2.38 bits per heavy atom. The Bertz CT molecular complexity index is 1250. The summed E-state index contributed by atoms with van der Waals surface area (Å²) in [6, 6.07) is 11.2. The van der Waals surface area contributed by atoms with Crippen molar-refractivity contribution in [3.05, 3.63) is 53.6 Å². The Morgan fingerprint density at radius 2 is 1.73 bits per heavy atom. The van der Waals surface area contributed by atoms with Crippen LogP contribution in [-0.2, 0) is 17.5 Å². The molecule has 0 spiro atoms. The number of rotatable bonds is 6. The fraction of sp³-hybridized carbons (Fsp3) is 0.423. The summed E-state index contributed by atoms with van der Waals surface area (Å²) in [6.07, 6.45) is -4.55. The van der Waals surface area contributed by atoms with Crippen molar-refractivity contribution in [1.29, 1.82) is 0 Å². The number of hydrogen-bond donors (Lipinski definition) is 1. The Labute approximate surface area is 210 Å². The molecule has 5 rings (SSSR count). The normalized spacial score (nSPS) is 19.5. The number of carbonyl (C=O) groups is 1. The predicted octanol–water partition coefficient (Wildman–Crippen LogP) is 5.27. The van der Waals surface area contributed by atoms with Gasteiger partial charge >= 0.3 is 12.1 Å². The molecule has 7 nitrogen and oxygen atoms in total.